The molecule has 1 saturated heterocycles. The van der Waals surface area contributed by atoms with Crippen LogP contribution >= 0.6 is 0 Å². The van der Waals surface area contributed by atoms with Crippen molar-refractivity contribution in [3.8, 4) is 0 Å². The SMILES string of the molecule is CN1CCN(C(=O)c2cc(Nc3ncc4ccn(C5CCCC5)c4n3)cn2C)CC1. The second-order valence-corrected chi connectivity index (χ2v) is 8.58. The van der Waals surface area contributed by atoms with Crippen molar-refractivity contribution in [1.29, 1.82) is 0 Å². The number of hydrogen-bond donors (Lipinski definition) is 1. The molecule has 5 rings (SSSR count). The number of piperazine rings is 1. The summed E-state index contributed by atoms with van der Waals surface area (Å²) in [4.78, 5) is 26.4. The van der Waals surface area contributed by atoms with Crippen molar-refractivity contribution < 1.29 is 4.79 Å². The molecule has 0 unspecified atom stereocenters. The second-order valence-electron chi connectivity index (χ2n) is 8.58. The molecule has 1 N–H and O–H groups in total. The summed E-state index contributed by atoms with van der Waals surface area (Å²) in [7, 11) is 4.00. The third-order valence-corrected chi connectivity index (χ3v) is 6.44. The Kier molecular flexibility index (Phi) is 4.94. The Morgan fingerprint density at radius 2 is 1.90 bits per heavy atom. The van der Waals surface area contributed by atoms with Gasteiger partial charge in [0.25, 0.3) is 5.91 Å². The van der Waals surface area contributed by atoms with Crippen LogP contribution in [-0.4, -0.2) is 68.0 Å². The number of fused-ring (bicyclic) bond motifs is 1. The Morgan fingerprint density at radius 1 is 1.13 bits per heavy atom. The van der Waals surface area contributed by atoms with Gasteiger partial charge >= 0.3 is 0 Å². The fraction of sp³-hybridized carbons (Fsp3) is 0.500. The Labute approximate surface area is 176 Å². The first-order valence-electron chi connectivity index (χ1n) is 10.8. The van der Waals surface area contributed by atoms with Crippen LogP contribution < -0.4 is 5.32 Å². The number of aromatic nitrogens is 4. The number of nitrogens with one attached hydrogen (secondary N) is 1. The summed E-state index contributed by atoms with van der Waals surface area (Å²) in [6.45, 7) is 3.36. The van der Waals surface area contributed by atoms with Crippen molar-refractivity contribution in [2.75, 3.05) is 38.5 Å². The number of aryl methyl sites for hydroxylation is 1. The predicted molar refractivity (Wildman–Crippen MR) is 117 cm³/mol. The number of anilines is 2. The van der Waals surface area contributed by atoms with Crippen LogP contribution in [0.5, 0.6) is 0 Å². The molecule has 1 aliphatic carbocycles. The molecule has 8 nitrogen and oxygen atoms in total. The molecular weight excluding hydrogens is 378 g/mol. The van der Waals surface area contributed by atoms with E-state index in [1.54, 1.807) is 0 Å². The molecule has 3 aromatic rings. The first kappa shape index (κ1) is 19.1. The number of carbonyl (C=O) groups is 1. The molecule has 0 radical (unpaired) electrons. The van der Waals surface area contributed by atoms with Crippen molar-refractivity contribution in [2.45, 2.75) is 31.7 Å². The van der Waals surface area contributed by atoms with E-state index in [0.717, 1.165) is 42.9 Å². The predicted octanol–water partition coefficient (Wildman–Crippen LogP) is 3.02. The molecule has 0 spiro atoms. The summed E-state index contributed by atoms with van der Waals surface area (Å²) in [6, 6.07) is 4.52. The second kappa shape index (κ2) is 7.75. The first-order chi connectivity index (χ1) is 14.6. The van der Waals surface area contributed by atoms with E-state index in [9.17, 15) is 4.79 Å². The minimum atomic E-state index is 0.0742. The molecule has 8 heteroatoms. The summed E-state index contributed by atoms with van der Waals surface area (Å²) < 4.78 is 4.17. The van der Waals surface area contributed by atoms with Crippen LogP contribution in [-0.2, 0) is 7.05 Å². The highest BCUT2D eigenvalue weighted by molar-refractivity contribution is 5.94. The number of amides is 1. The molecule has 1 saturated carbocycles. The number of hydrogen-bond acceptors (Lipinski definition) is 5. The number of rotatable bonds is 4. The molecule has 2 fully saturated rings. The Balaban J connectivity index is 1.36. The zero-order chi connectivity index (χ0) is 20.7. The Hall–Kier alpha value is -2.87. The lowest BCUT2D eigenvalue weighted by molar-refractivity contribution is 0.0654. The molecular formula is C22H29N7O. The van der Waals surface area contributed by atoms with Crippen LogP contribution in [0.3, 0.4) is 0 Å². The molecule has 30 heavy (non-hydrogen) atoms. The molecule has 2 aliphatic rings. The van der Waals surface area contributed by atoms with E-state index in [2.05, 4.69) is 39.1 Å². The Bertz CT molecular complexity index is 1050. The maximum absolute atomic E-state index is 12.9. The maximum atomic E-state index is 12.9. The third-order valence-electron chi connectivity index (χ3n) is 6.44. The van der Waals surface area contributed by atoms with Crippen molar-refractivity contribution in [3.63, 3.8) is 0 Å². The molecule has 0 aromatic carbocycles. The number of likely N-dealkylation sites (N-methyl/N-ethyl adjacent to an activating group) is 1. The monoisotopic (exact) mass is 407 g/mol. The van der Waals surface area contributed by atoms with E-state index in [0.29, 0.717) is 17.7 Å². The van der Waals surface area contributed by atoms with Crippen molar-refractivity contribution in [2.24, 2.45) is 7.05 Å². The van der Waals surface area contributed by atoms with Crippen molar-refractivity contribution in [3.05, 3.63) is 36.4 Å². The van der Waals surface area contributed by atoms with Crippen molar-refractivity contribution >= 4 is 28.6 Å². The minimum Gasteiger partial charge on any atom is -0.344 e. The number of carbonyl (C=O) groups excluding carboxylic acids is 1. The topological polar surface area (TPSA) is 71.2 Å². The van der Waals surface area contributed by atoms with Gasteiger partial charge in [0.05, 0.1) is 5.69 Å². The highest BCUT2D eigenvalue weighted by Crippen LogP contribution is 2.32. The van der Waals surface area contributed by atoms with Crippen LogP contribution in [0.4, 0.5) is 11.6 Å². The minimum absolute atomic E-state index is 0.0742. The van der Waals surface area contributed by atoms with E-state index in [1.807, 2.05) is 35.0 Å². The van der Waals surface area contributed by atoms with Crippen LogP contribution in [0.1, 0.15) is 42.2 Å². The van der Waals surface area contributed by atoms with Gasteiger partial charge in [0.2, 0.25) is 5.95 Å². The quantitative estimate of drug-likeness (QED) is 0.720. The number of nitrogens with zero attached hydrogens (tertiary/aromatic N) is 6. The third kappa shape index (κ3) is 3.56. The van der Waals surface area contributed by atoms with Gasteiger partial charge in [-0.25, -0.2) is 4.98 Å². The zero-order valence-corrected chi connectivity index (χ0v) is 17.7. The van der Waals surface area contributed by atoms with Crippen molar-refractivity contribution in [1.82, 2.24) is 28.9 Å². The van der Waals surface area contributed by atoms with Crippen LogP contribution in [0.25, 0.3) is 11.0 Å². The molecule has 4 heterocycles. The van der Waals surface area contributed by atoms with Crippen LogP contribution in [0.15, 0.2) is 30.7 Å². The molecule has 1 amide bonds. The standard InChI is InChI=1S/C22H29N7O/c1-26-9-11-28(12-10-26)21(30)19-13-17(15-27(19)2)24-22-23-14-16-7-8-29(20(16)25-22)18-5-3-4-6-18/h7-8,13-15,18H,3-6,9-12H2,1-2H3,(H,23,24,25). The smallest absolute Gasteiger partial charge is 0.270 e. The van der Waals surface area contributed by atoms with Gasteiger partial charge < -0.3 is 24.3 Å². The van der Waals surface area contributed by atoms with Gasteiger partial charge in [-0.05, 0) is 32.0 Å². The van der Waals surface area contributed by atoms with Gasteiger partial charge in [0, 0.05) is 63.2 Å². The first-order valence-corrected chi connectivity index (χ1v) is 10.8. The molecule has 3 aromatic heterocycles. The van der Waals surface area contributed by atoms with Gasteiger partial charge in [-0.3, -0.25) is 4.79 Å². The van der Waals surface area contributed by atoms with E-state index >= 15 is 0 Å². The molecule has 1 aliphatic heterocycles. The van der Waals surface area contributed by atoms with Gasteiger partial charge in [-0.2, -0.15) is 4.98 Å². The van der Waals surface area contributed by atoms with Gasteiger partial charge in [-0.15, -0.1) is 0 Å². The summed E-state index contributed by atoms with van der Waals surface area (Å²) >= 11 is 0. The lowest BCUT2D eigenvalue weighted by Crippen LogP contribution is -2.47. The maximum Gasteiger partial charge on any atom is 0.270 e. The zero-order valence-electron chi connectivity index (χ0n) is 17.7. The normalized spacial score (nSPS) is 18.4. The van der Waals surface area contributed by atoms with Crippen LogP contribution in [0.2, 0.25) is 0 Å². The van der Waals surface area contributed by atoms with E-state index in [-0.39, 0.29) is 5.91 Å². The fourth-order valence-electron chi connectivity index (χ4n) is 4.62. The van der Waals surface area contributed by atoms with Gasteiger partial charge in [0.15, 0.2) is 0 Å². The average Bonchev–Trinajstić information content (AvgIpc) is 3.47. The van der Waals surface area contributed by atoms with E-state index in [1.165, 1.54) is 25.7 Å². The summed E-state index contributed by atoms with van der Waals surface area (Å²) in [5.41, 5.74) is 2.48. The molecule has 0 atom stereocenters. The largest absolute Gasteiger partial charge is 0.344 e. The summed E-state index contributed by atoms with van der Waals surface area (Å²) in [5, 5.41) is 4.36. The van der Waals surface area contributed by atoms with E-state index in [4.69, 9.17) is 4.98 Å². The summed E-state index contributed by atoms with van der Waals surface area (Å²) in [5.74, 6) is 0.634. The van der Waals surface area contributed by atoms with Gasteiger partial charge in [-0.1, -0.05) is 12.8 Å². The lowest BCUT2D eigenvalue weighted by atomic mass is 10.2. The highest BCUT2D eigenvalue weighted by Gasteiger charge is 2.23. The van der Waals surface area contributed by atoms with Gasteiger partial charge in [0.1, 0.15) is 11.3 Å². The molecule has 158 valence electrons. The lowest BCUT2D eigenvalue weighted by Gasteiger charge is -2.32. The molecule has 0 bridgehead atoms. The Morgan fingerprint density at radius 3 is 2.67 bits per heavy atom. The fourth-order valence-corrected chi connectivity index (χ4v) is 4.62. The summed E-state index contributed by atoms with van der Waals surface area (Å²) in [6.07, 6.45) is 10.9. The van der Waals surface area contributed by atoms with E-state index < -0.39 is 0 Å². The van der Waals surface area contributed by atoms with Crippen LogP contribution in [0, 0.1) is 0 Å². The average molecular weight is 408 g/mol. The highest BCUT2D eigenvalue weighted by atomic mass is 16.2.